The second kappa shape index (κ2) is 11.7. The molecule has 1 aromatic heterocycles. The summed E-state index contributed by atoms with van der Waals surface area (Å²) in [7, 11) is 0. The van der Waals surface area contributed by atoms with Crippen molar-refractivity contribution in [1.29, 1.82) is 0 Å². The maximum Gasteiger partial charge on any atom is 0.328 e. The first-order valence-corrected chi connectivity index (χ1v) is 12.2. The van der Waals surface area contributed by atoms with Crippen LogP contribution in [0.3, 0.4) is 0 Å². The molecule has 1 aliphatic rings. The number of imide groups is 1. The van der Waals surface area contributed by atoms with Crippen molar-refractivity contribution in [2.75, 3.05) is 31.5 Å². The minimum atomic E-state index is -0.519. The van der Waals surface area contributed by atoms with Gasteiger partial charge in [-0.25, -0.2) is 4.79 Å². The van der Waals surface area contributed by atoms with E-state index in [1.807, 2.05) is 72.5 Å². The van der Waals surface area contributed by atoms with Crippen LogP contribution in [-0.2, 0) is 16.0 Å². The van der Waals surface area contributed by atoms with E-state index in [0.717, 1.165) is 16.5 Å². The van der Waals surface area contributed by atoms with Crippen LogP contribution in [0.4, 0.5) is 10.5 Å². The van der Waals surface area contributed by atoms with E-state index in [2.05, 4.69) is 15.6 Å². The Morgan fingerprint density at radius 1 is 1.11 bits per heavy atom. The van der Waals surface area contributed by atoms with Crippen molar-refractivity contribution in [3.8, 4) is 0 Å². The van der Waals surface area contributed by atoms with Crippen LogP contribution in [0.5, 0.6) is 0 Å². The maximum absolute atomic E-state index is 13.8. The molecule has 0 spiro atoms. The average Bonchev–Trinajstić information content (AvgIpc) is 3.31. The topological polar surface area (TPSA) is 121 Å². The molecule has 0 aliphatic carbocycles. The lowest BCUT2D eigenvalue weighted by Gasteiger charge is -2.28. The van der Waals surface area contributed by atoms with Gasteiger partial charge < -0.3 is 16.4 Å². The largest absolute Gasteiger partial charge is 0.351 e. The highest BCUT2D eigenvalue weighted by Gasteiger charge is 2.40. The van der Waals surface area contributed by atoms with Gasteiger partial charge in [0, 0.05) is 24.5 Å². The third-order valence-electron chi connectivity index (χ3n) is 6.47. The number of para-hydroxylation sites is 1. The molecule has 0 unspecified atom stereocenters. The zero-order chi connectivity index (χ0) is 25.5. The molecule has 4 amide bonds. The minimum absolute atomic E-state index is 0.105. The first kappa shape index (κ1) is 25.3. The molecule has 188 valence electrons. The van der Waals surface area contributed by atoms with Crippen molar-refractivity contribution in [2.45, 2.75) is 31.8 Å². The summed E-state index contributed by atoms with van der Waals surface area (Å²) < 4.78 is 0. The number of hydrogen-bond donors (Lipinski definition) is 3. The number of carbonyl (C=O) groups is 3. The van der Waals surface area contributed by atoms with Gasteiger partial charge in [0.25, 0.3) is 0 Å². The quantitative estimate of drug-likeness (QED) is 0.448. The number of hydrogen-bond acceptors (Lipinski definition) is 6. The van der Waals surface area contributed by atoms with E-state index < -0.39 is 12.1 Å². The Balaban J connectivity index is 1.54. The van der Waals surface area contributed by atoms with E-state index in [0.29, 0.717) is 31.6 Å². The average molecular weight is 489 g/mol. The summed E-state index contributed by atoms with van der Waals surface area (Å²) in [6.45, 7) is 3.23. The van der Waals surface area contributed by atoms with Crippen LogP contribution in [-0.4, -0.2) is 70.9 Å². The Morgan fingerprint density at radius 2 is 1.86 bits per heavy atom. The normalized spacial score (nSPS) is 17.6. The number of amides is 4. The summed E-state index contributed by atoms with van der Waals surface area (Å²) in [6.07, 6.45) is 2.54. The van der Waals surface area contributed by atoms with Crippen LogP contribution in [0.25, 0.3) is 10.9 Å². The van der Waals surface area contributed by atoms with Gasteiger partial charge in [0.15, 0.2) is 0 Å². The SMILES string of the molecule is CCN1C[C@@H](NC(=O)CN)C[C@@H]1C(=O)N(CCc1ccccc1)C(=O)Nc1cnc2ccccc2c1. The molecule has 2 heterocycles. The van der Waals surface area contributed by atoms with E-state index in [9.17, 15) is 14.4 Å². The molecule has 4 N–H and O–H groups in total. The zero-order valence-electron chi connectivity index (χ0n) is 20.4. The fraction of sp³-hybridized carbons (Fsp3) is 0.333. The van der Waals surface area contributed by atoms with E-state index in [1.165, 1.54) is 4.90 Å². The molecule has 2 atom stereocenters. The molecule has 0 radical (unpaired) electrons. The number of nitrogens with one attached hydrogen (secondary N) is 2. The van der Waals surface area contributed by atoms with Crippen molar-refractivity contribution in [3.05, 3.63) is 72.4 Å². The minimum Gasteiger partial charge on any atom is -0.351 e. The van der Waals surface area contributed by atoms with Crippen LogP contribution in [0.1, 0.15) is 18.9 Å². The van der Waals surface area contributed by atoms with Crippen molar-refractivity contribution in [2.24, 2.45) is 5.73 Å². The smallest absolute Gasteiger partial charge is 0.328 e. The predicted octanol–water partition coefficient (Wildman–Crippen LogP) is 2.38. The predicted molar refractivity (Wildman–Crippen MR) is 139 cm³/mol. The van der Waals surface area contributed by atoms with Gasteiger partial charge in [0.2, 0.25) is 11.8 Å². The molecule has 1 aliphatic heterocycles. The lowest BCUT2D eigenvalue weighted by molar-refractivity contribution is -0.132. The number of carbonyl (C=O) groups excluding carboxylic acids is 3. The number of likely N-dealkylation sites (tertiary alicyclic amines) is 1. The van der Waals surface area contributed by atoms with Gasteiger partial charge in [-0.1, -0.05) is 55.5 Å². The summed E-state index contributed by atoms with van der Waals surface area (Å²) in [5, 5.41) is 6.63. The van der Waals surface area contributed by atoms with Gasteiger partial charge in [-0.3, -0.25) is 24.4 Å². The highest BCUT2D eigenvalue weighted by Crippen LogP contribution is 2.22. The van der Waals surface area contributed by atoms with Gasteiger partial charge in [0.05, 0.1) is 30.0 Å². The summed E-state index contributed by atoms with van der Waals surface area (Å²) in [4.78, 5) is 46.7. The van der Waals surface area contributed by atoms with Gasteiger partial charge >= 0.3 is 6.03 Å². The number of benzene rings is 2. The number of nitrogens with zero attached hydrogens (tertiary/aromatic N) is 3. The number of aromatic nitrogens is 1. The van der Waals surface area contributed by atoms with Crippen molar-refractivity contribution in [1.82, 2.24) is 20.1 Å². The second-order valence-electron chi connectivity index (χ2n) is 8.88. The monoisotopic (exact) mass is 488 g/mol. The third kappa shape index (κ3) is 6.05. The molecule has 1 saturated heterocycles. The molecular weight excluding hydrogens is 456 g/mol. The molecule has 2 aromatic carbocycles. The van der Waals surface area contributed by atoms with Gasteiger partial charge in [-0.05, 0) is 37.1 Å². The van der Waals surface area contributed by atoms with Gasteiger partial charge in [0.1, 0.15) is 0 Å². The summed E-state index contributed by atoms with van der Waals surface area (Å²) in [5.74, 6) is -0.546. The van der Waals surface area contributed by atoms with Crippen molar-refractivity contribution in [3.63, 3.8) is 0 Å². The molecule has 3 aromatic rings. The van der Waals surface area contributed by atoms with Crippen LogP contribution >= 0.6 is 0 Å². The summed E-state index contributed by atoms with van der Waals surface area (Å²) in [6, 6.07) is 18.0. The third-order valence-corrected chi connectivity index (χ3v) is 6.47. The van der Waals surface area contributed by atoms with E-state index in [-0.39, 0.29) is 30.9 Å². The van der Waals surface area contributed by atoms with Gasteiger partial charge in [-0.15, -0.1) is 0 Å². The molecule has 0 bridgehead atoms. The Hall–Kier alpha value is -3.82. The lowest BCUT2D eigenvalue weighted by Crippen LogP contribution is -2.50. The maximum atomic E-state index is 13.8. The molecular formula is C27H32N6O3. The van der Waals surface area contributed by atoms with Crippen LogP contribution in [0, 0.1) is 0 Å². The highest BCUT2D eigenvalue weighted by atomic mass is 16.2. The van der Waals surface area contributed by atoms with E-state index >= 15 is 0 Å². The fourth-order valence-corrected chi connectivity index (χ4v) is 4.61. The number of pyridine rings is 1. The summed E-state index contributed by atoms with van der Waals surface area (Å²) >= 11 is 0. The van der Waals surface area contributed by atoms with Crippen molar-refractivity contribution >= 4 is 34.4 Å². The van der Waals surface area contributed by atoms with E-state index in [4.69, 9.17) is 5.73 Å². The fourth-order valence-electron chi connectivity index (χ4n) is 4.61. The number of urea groups is 1. The van der Waals surface area contributed by atoms with Crippen LogP contribution < -0.4 is 16.4 Å². The molecule has 1 fully saturated rings. The number of nitrogens with two attached hydrogens (primary N) is 1. The Morgan fingerprint density at radius 3 is 2.61 bits per heavy atom. The Labute approximate surface area is 210 Å². The number of anilines is 1. The van der Waals surface area contributed by atoms with E-state index in [1.54, 1.807) is 6.20 Å². The van der Waals surface area contributed by atoms with Gasteiger partial charge in [-0.2, -0.15) is 0 Å². The van der Waals surface area contributed by atoms with Crippen LogP contribution in [0.2, 0.25) is 0 Å². The number of likely N-dealkylation sites (N-methyl/N-ethyl adjacent to an activating group) is 1. The molecule has 9 heteroatoms. The first-order chi connectivity index (χ1) is 17.5. The zero-order valence-corrected chi connectivity index (χ0v) is 20.4. The van der Waals surface area contributed by atoms with Crippen LogP contribution in [0.15, 0.2) is 66.9 Å². The van der Waals surface area contributed by atoms with Crippen molar-refractivity contribution < 1.29 is 14.4 Å². The standard InChI is InChI=1S/C27H32N6O3/c1-2-32-18-22(30-25(34)16-28)15-24(32)26(35)33(13-12-19-8-4-3-5-9-19)27(36)31-21-14-20-10-6-7-11-23(20)29-17-21/h3-11,14,17,22,24H,2,12-13,15-16,18,28H2,1H3,(H,30,34)(H,31,36)/t22-,24+/m0/s1. The lowest BCUT2D eigenvalue weighted by atomic mass is 10.1. The Kier molecular flexibility index (Phi) is 8.24. The molecule has 36 heavy (non-hydrogen) atoms. The number of fused-ring (bicyclic) bond motifs is 1. The molecule has 4 rings (SSSR count). The second-order valence-corrected chi connectivity index (χ2v) is 8.88. The summed E-state index contributed by atoms with van der Waals surface area (Å²) in [5.41, 5.74) is 7.81. The Bertz CT molecular complexity index is 1220. The molecule has 9 nitrogen and oxygen atoms in total. The highest BCUT2D eigenvalue weighted by molar-refractivity contribution is 6.03. The first-order valence-electron chi connectivity index (χ1n) is 12.2. The molecule has 0 saturated carbocycles. The number of rotatable bonds is 8.